The molecule has 0 aliphatic carbocycles. The largest absolute Gasteiger partial charge is 0.491 e. The molecule has 0 radical (unpaired) electrons. The van der Waals surface area contributed by atoms with Crippen LogP contribution in [0.4, 0.5) is 14.5 Å². The standard InChI is InChI=1S/C30H27F2N3O6S/c1-2-11-42(39,40)35-26-10-8-24(31)27(28(26)32)29(38)18-5-9-25-22(12-18)23-13-19(14-33-30(23)34-25)17-3-6-21(7-4-17)41-16-20(37)15-36/h3-10,12-14,20,35-37H,2,11,15-16H2,1H3,(H,33,34). The number of fused-ring (bicyclic) bond motifs is 3. The number of aliphatic hydroxyl groups is 2. The summed E-state index contributed by atoms with van der Waals surface area (Å²) in [6, 6.07) is 15.3. The number of aromatic amines is 1. The zero-order valence-corrected chi connectivity index (χ0v) is 23.2. The van der Waals surface area contributed by atoms with E-state index in [1.807, 2.05) is 6.07 Å². The fourth-order valence-electron chi connectivity index (χ4n) is 4.53. The highest BCUT2D eigenvalue weighted by molar-refractivity contribution is 7.92. The molecule has 2 heterocycles. The van der Waals surface area contributed by atoms with Crippen LogP contribution in [0.5, 0.6) is 5.75 Å². The van der Waals surface area contributed by atoms with Crippen molar-refractivity contribution in [1.29, 1.82) is 0 Å². The number of halogens is 2. The van der Waals surface area contributed by atoms with E-state index in [1.165, 1.54) is 12.1 Å². The molecule has 0 bridgehead atoms. The normalized spacial score (nSPS) is 12.5. The lowest BCUT2D eigenvalue weighted by Crippen LogP contribution is -2.21. The van der Waals surface area contributed by atoms with Crippen molar-refractivity contribution in [3.63, 3.8) is 0 Å². The molecular formula is C30H27F2N3O6S. The Morgan fingerprint density at radius 2 is 1.81 bits per heavy atom. The molecule has 42 heavy (non-hydrogen) atoms. The second-order valence-electron chi connectivity index (χ2n) is 9.71. The summed E-state index contributed by atoms with van der Waals surface area (Å²) in [5.74, 6) is -3.09. The quantitative estimate of drug-likeness (QED) is 0.161. The van der Waals surface area contributed by atoms with Crippen molar-refractivity contribution in [2.75, 3.05) is 23.7 Å². The monoisotopic (exact) mass is 595 g/mol. The zero-order valence-electron chi connectivity index (χ0n) is 22.4. The first kappa shape index (κ1) is 29.1. The molecule has 0 fully saturated rings. The molecule has 2 aromatic heterocycles. The molecule has 0 saturated carbocycles. The number of anilines is 1. The summed E-state index contributed by atoms with van der Waals surface area (Å²) in [6.07, 6.45) is 0.984. The highest BCUT2D eigenvalue weighted by atomic mass is 32.2. The van der Waals surface area contributed by atoms with Gasteiger partial charge in [0.25, 0.3) is 0 Å². The maximum absolute atomic E-state index is 15.3. The van der Waals surface area contributed by atoms with E-state index in [-0.39, 0.29) is 17.9 Å². The van der Waals surface area contributed by atoms with E-state index in [0.29, 0.717) is 34.1 Å². The van der Waals surface area contributed by atoms with Crippen LogP contribution in [0.15, 0.2) is 66.9 Å². The first-order valence-corrected chi connectivity index (χ1v) is 14.7. The molecule has 0 spiro atoms. The van der Waals surface area contributed by atoms with Gasteiger partial charge >= 0.3 is 0 Å². The minimum Gasteiger partial charge on any atom is -0.491 e. The predicted octanol–water partition coefficient (Wildman–Crippen LogP) is 4.78. The van der Waals surface area contributed by atoms with Gasteiger partial charge in [0.15, 0.2) is 11.6 Å². The number of ketones is 1. The van der Waals surface area contributed by atoms with Gasteiger partial charge in [-0.05, 0) is 60.5 Å². The molecule has 0 aliphatic rings. The number of aromatic nitrogens is 2. The SMILES string of the molecule is CCCS(=O)(=O)Nc1ccc(F)c(C(=O)c2ccc3[nH]c4ncc(-c5ccc(OCC(O)CO)cc5)cc4c3c2)c1F. The molecule has 0 saturated heterocycles. The van der Waals surface area contributed by atoms with E-state index in [4.69, 9.17) is 9.84 Å². The van der Waals surface area contributed by atoms with E-state index in [2.05, 4.69) is 14.7 Å². The molecule has 12 heteroatoms. The third-order valence-corrected chi connectivity index (χ3v) is 8.09. The van der Waals surface area contributed by atoms with Gasteiger partial charge in [-0.1, -0.05) is 19.1 Å². The summed E-state index contributed by atoms with van der Waals surface area (Å²) >= 11 is 0. The summed E-state index contributed by atoms with van der Waals surface area (Å²) in [4.78, 5) is 21.0. The van der Waals surface area contributed by atoms with Gasteiger partial charge in [0.1, 0.15) is 29.9 Å². The Hall–Kier alpha value is -4.39. The van der Waals surface area contributed by atoms with Gasteiger partial charge in [0.05, 0.1) is 23.6 Å². The van der Waals surface area contributed by atoms with Crippen molar-refractivity contribution < 1.29 is 36.9 Å². The number of sulfonamides is 1. The van der Waals surface area contributed by atoms with Gasteiger partial charge < -0.3 is 19.9 Å². The highest BCUT2D eigenvalue weighted by Crippen LogP contribution is 2.32. The molecule has 218 valence electrons. The number of H-pyrrole nitrogens is 1. The van der Waals surface area contributed by atoms with Crippen LogP contribution in [-0.2, 0) is 10.0 Å². The highest BCUT2D eigenvalue weighted by Gasteiger charge is 2.24. The van der Waals surface area contributed by atoms with Gasteiger partial charge in [0.2, 0.25) is 10.0 Å². The third-order valence-electron chi connectivity index (χ3n) is 6.61. The molecule has 0 aliphatic heterocycles. The Labute approximate surface area is 239 Å². The van der Waals surface area contributed by atoms with Crippen molar-refractivity contribution in [2.24, 2.45) is 0 Å². The van der Waals surface area contributed by atoms with E-state index < -0.39 is 51.4 Å². The van der Waals surface area contributed by atoms with Crippen molar-refractivity contribution >= 4 is 43.4 Å². The Bertz CT molecular complexity index is 1890. The topological polar surface area (TPSA) is 142 Å². The lowest BCUT2D eigenvalue weighted by Gasteiger charge is -2.11. The van der Waals surface area contributed by atoms with Crippen LogP contribution in [-0.4, -0.2) is 59.5 Å². The van der Waals surface area contributed by atoms with Crippen molar-refractivity contribution in [3.8, 4) is 16.9 Å². The number of pyridine rings is 1. The van der Waals surface area contributed by atoms with Gasteiger partial charge in [0, 0.05) is 33.6 Å². The number of aliphatic hydroxyl groups excluding tert-OH is 2. The number of rotatable bonds is 11. The number of nitrogens with one attached hydrogen (secondary N) is 2. The number of carbonyl (C=O) groups excluding carboxylic acids is 1. The molecule has 1 unspecified atom stereocenters. The van der Waals surface area contributed by atoms with Crippen LogP contribution in [0, 0.1) is 11.6 Å². The van der Waals surface area contributed by atoms with Gasteiger partial charge in [-0.15, -0.1) is 0 Å². The van der Waals surface area contributed by atoms with E-state index >= 15 is 4.39 Å². The molecule has 1 atom stereocenters. The van der Waals surface area contributed by atoms with Gasteiger partial charge in [-0.3, -0.25) is 9.52 Å². The van der Waals surface area contributed by atoms with Crippen LogP contribution in [0.25, 0.3) is 33.1 Å². The summed E-state index contributed by atoms with van der Waals surface area (Å²) in [5.41, 5.74) is 1.40. The Morgan fingerprint density at radius 3 is 2.52 bits per heavy atom. The summed E-state index contributed by atoms with van der Waals surface area (Å²) in [7, 11) is -3.87. The number of hydrogen-bond acceptors (Lipinski definition) is 7. The molecule has 5 rings (SSSR count). The maximum atomic E-state index is 15.3. The van der Waals surface area contributed by atoms with Crippen molar-refractivity contribution in [1.82, 2.24) is 9.97 Å². The molecule has 4 N–H and O–H groups in total. The molecule has 9 nitrogen and oxygen atoms in total. The zero-order chi connectivity index (χ0) is 30.0. The average Bonchev–Trinajstić information content (AvgIpc) is 3.34. The minimum absolute atomic E-state index is 0.00624. The number of hydrogen-bond donors (Lipinski definition) is 4. The van der Waals surface area contributed by atoms with Crippen molar-refractivity contribution in [2.45, 2.75) is 19.4 Å². The van der Waals surface area contributed by atoms with E-state index in [1.54, 1.807) is 43.5 Å². The van der Waals surface area contributed by atoms with Gasteiger partial charge in [-0.25, -0.2) is 22.2 Å². The molecule has 3 aromatic carbocycles. The third kappa shape index (κ3) is 5.96. The predicted molar refractivity (Wildman–Crippen MR) is 155 cm³/mol. The number of nitrogens with zero attached hydrogens (tertiary/aromatic N) is 1. The average molecular weight is 596 g/mol. The van der Waals surface area contributed by atoms with Crippen LogP contribution >= 0.6 is 0 Å². The lowest BCUT2D eigenvalue weighted by molar-refractivity contribution is 0.0536. The maximum Gasteiger partial charge on any atom is 0.232 e. The molecular weight excluding hydrogens is 568 g/mol. The number of benzene rings is 3. The smallest absolute Gasteiger partial charge is 0.232 e. The van der Waals surface area contributed by atoms with Gasteiger partial charge in [-0.2, -0.15) is 0 Å². The van der Waals surface area contributed by atoms with E-state index in [0.717, 1.165) is 23.3 Å². The second-order valence-corrected chi connectivity index (χ2v) is 11.6. The Balaban J connectivity index is 1.48. The summed E-state index contributed by atoms with van der Waals surface area (Å²) in [6.45, 7) is 1.19. The lowest BCUT2D eigenvalue weighted by atomic mass is 9.99. The summed E-state index contributed by atoms with van der Waals surface area (Å²) < 4.78 is 61.9. The minimum atomic E-state index is -3.87. The van der Waals surface area contributed by atoms with Crippen LogP contribution in [0.3, 0.4) is 0 Å². The van der Waals surface area contributed by atoms with Crippen LogP contribution in [0.1, 0.15) is 29.3 Å². The molecule has 5 aromatic rings. The second kappa shape index (κ2) is 11.8. The first-order valence-electron chi connectivity index (χ1n) is 13.1. The Kier molecular flexibility index (Phi) is 8.21. The number of ether oxygens (including phenoxy) is 1. The van der Waals surface area contributed by atoms with Crippen LogP contribution < -0.4 is 9.46 Å². The first-order chi connectivity index (χ1) is 20.1. The fourth-order valence-corrected chi connectivity index (χ4v) is 5.66. The molecule has 0 amide bonds. The number of carbonyl (C=O) groups is 1. The summed E-state index contributed by atoms with van der Waals surface area (Å²) in [5, 5.41) is 19.7. The van der Waals surface area contributed by atoms with E-state index in [9.17, 15) is 22.7 Å². The van der Waals surface area contributed by atoms with Crippen molar-refractivity contribution in [3.05, 3.63) is 89.6 Å². The van der Waals surface area contributed by atoms with Crippen LogP contribution in [0.2, 0.25) is 0 Å². The Morgan fingerprint density at radius 1 is 1.05 bits per heavy atom. The fraction of sp³-hybridized carbons (Fsp3) is 0.200.